The first-order valence-electron chi connectivity index (χ1n) is 11.4. The quantitative estimate of drug-likeness (QED) is 0.458. The Kier molecular flexibility index (Phi) is 7.26. The summed E-state index contributed by atoms with van der Waals surface area (Å²) in [6, 6.07) is 3.36. The number of carbonyl (C=O) groups excluding carboxylic acids is 1. The molecule has 0 radical (unpaired) electrons. The second-order valence-electron chi connectivity index (χ2n) is 8.06. The summed E-state index contributed by atoms with van der Waals surface area (Å²) >= 11 is 6.25. The van der Waals surface area contributed by atoms with Crippen LogP contribution in [0, 0.1) is 0 Å². The van der Waals surface area contributed by atoms with Gasteiger partial charge in [-0.1, -0.05) is 31.9 Å². The molecule has 34 heavy (non-hydrogen) atoms. The number of aromatic amines is 1. The molecule has 0 aliphatic carbocycles. The van der Waals surface area contributed by atoms with E-state index in [9.17, 15) is 14.4 Å². The van der Waals surface area contributed by atoms with E-state index in [0.29, 0.717) is 65.4 Å². The van der Waals surface area contributed by atoms with Crippen molar-refractivity contribution < 1.29 is 19.0 Å². The number of H-pyrrole nitrogens is 1. The number of fused-ring (bicyclic) bond motifs is 2. The van der Waals surface area contributed by atoms with Gasteiger partial charge in [-0.25, -0.2) is 9.78 Å². The molecule has 0 saturated carbocycles. The van der Waals surface area contributed by atoms with Crippen LogP contribution in [0.25, 0.3) is 11.2 Å². The van der Waals surface area contributed by atoms with Gasteiger partial charge in [-0.15, -0.1) is 0 Å². The number of imidazole rings is 1. The van der Waals surface area contributed by atoms with Crippen molar-refractivity contribution in [1.82, 2.24) is 19.1 Å². The van der Waals surface area contributed by atoms with Crippen molar-refractivity contribution in [3.8, 4) is 11.5 Å². The summed E-state index contributed by atoms with van der Waals surface area (Å²) in [5, 5.41) is 0.369. The van der Waals surface area contributed by atoms with Crippen LogP contribution >= 0.6 is 11.6 Å². The number of benzene rings is 1. The van der Waals surface area contributed by atoms with E-state index in [1.54, 1.807) is 16.7 Å². The maximum atomic E-state index is 12.6. The first kappa shape index (κ1) is 23.9. The van der Waals surface area contributed by atoms with Crippen LogP contribution in [0.15, 0.2) is 21.7 Å². The molecule has 0 fully saturated rings. The fourth-order valence-corrected chi connectivity index (χ4v) is 4.23. The lowest BCUT2D eigenvalue weighted by atomic mass is 10.1. The normalized spacial score (nSPS) is 12.8. The Balaban J connectivity index is 1.57. The molecule has 0 unspecified atom stereocenters. The van der Waals surface area contributed by atoms with E-state index in [2.05, 4.69) is 9.97 Å². The summed E-state index contributed by atoms with van der Waals surface area (Å²) in [7, 11) is 0. The number of unbranched alkanes of at least 4 members (excludes halogenated alkanes) is 1. The van der Waals surface area contributed by atoms with Crippen molar-refractivity contribution in [1.29, 1.82) is 0 Å². The van der Waals surface area contributed by atoms with Crippen molar-refractivity contribution in [2.24, 2.45) is 0 Å². The summed E-state index contributed by atoms with van der Waals surface area (Å²) in [6.45, 7) is 5.62. The second kappa shape index (κ2) is 10.3. The number of hydrogen-bond donors (Lipinski definition) is 1. The highest BCUT2D eigenvalue weighted by Gasteiger charge is 2.21. The molecule has 2 aromatic heterocycles. The third-order valence-corrected chi connectivity index (χ3v) is 5.80. The number of carbonyl (C=O) groups is 1. The average Bonchev–Trinajstić information content (AvgIpc) is 3.16. The number of halogens is 1. The van der Waals surface area contributed by atoms with E-state index in [1.165, 1.54) is 4.57 Å². The van der Waals surface area contributed by atoms with E-state index in [1.807, 2.05) is 13.8 Å². The number of rotatable bonds is 9. The van der Waals surface area contributed by atoms with Gasteiger partial charge in [-0.2, -0.15) is 0 Å². The van der Waals surface area contributed by atoms with E-state index in [4.69, 9.17) is 25.8 Å². The van der Waals surface area contributed by atoms with Gasteiger partial charge in [0, 0.05) is 13.1 Å². The third-order valence-electron chi connectivity index (χ3n) is 5.51. The number of esters is 1. The molecule has 3 aromatic rings. The standard InChI is InChI=1S/C23H27ClN4O6/c1-3-5-7-28-21-19(22(30)26-23(28)31)27(6-4-2)17(25-21)13-34-18(29)12-14-10-15(24)20-16(11-14)32-8-9-33-20/h10-11H,3-9,12-13H2,1-2H3,(H,26,30,31). The largest absolute Gasteiger partial charge is 0.486 e. The highest BCUT2D eigenvalue weighted by Crippen LogP contribution is 2.38. The van der Waals surface area contributed by atoms with Crippen LogP contribution in [0.5, 0.6) is 11.5 Å². The van der Waals surface area contributed by atoms with Crippen molar-refractivity contribution in [3.63, 3.8) is 0 Å². The first-order valence-corrected chi connectivity index (χ1v) is 11.8. The van der Waals surface area contributed by atoms with Gasteiger partial charge in [-0.3, -0.25) is 19.1 Å². The summed E-state index contributed by atoms with van der Waals surface area (Å²) in [5.41, 5.74) is 0.247. The Hall–Kier alpha value is -3.27. The van der Waals surface area contributed by atoms with Crippen LogP contribution in [-0.2, 0) is 35.6 Å². The lowest BCUT2D eigenvalue weighted by molar-refractivity contribution is -0.144. The lowest BCUT2D eigenvalue weighted by Crippen LogP contribution is -2.31. The smallest absolute Gasteiger partial charge is 0.330 e. The van der Waals surface area contributed by atoms with Gasteiger partial charge in [0.05, 0.1) is 11.4 Å². The van der Waals surface area contributed by atoms with Crippen molar-refractivity contribution in [3.05, 3.63) is 49.4 Å². The monoisotopic (exact) mass is 490 g/mol. The molecule has 0 saturated heterocycles. The zero-order valence-corrected chi connectivity index (χ0v) is 19.9. The minimum absolute atomic E-state index is 0.0217. The molecular weight excluding hydrogens is 464 g/mol. The maximum Gasteiger partial charge on any atom is 0.330 e. The Bertz CT molecular complexity index is 1330. The molecule has 1 aromatic carbocycles. The number of nitrogens with zero attached hydrogens (tertiary/aromatic N) is 3. The summed E-state index contributed by atoms with van der Waals surface area (Å²) in [6.07, 6.45) is 2.36. The zero-order chi connectivity index (χ0) is 24.2. The number of hydrogen-bond acceptors (Lipinski definition) is 7. The summed E-state index contributed by atoms with van der Waals surface area (Å²) < 4.78 is 19.7. The van der Waals surface area contributed by atoms with Crippen LogP contribution in [0.4, 0.5) is 0 Å². The minimum atomic E-state index is -0.503. The fourth-order valence-electron chi connectivity index (χ4n) is 3.95. The molecule has 11 heteroatoms. The molecule has 3 heterocycles. The van der Waals surface area contributed by atoms with Gasteiger partial charge in [-0.05, 0) is 30.5 Å². The Labute approximate surface area is 200 Å². The van der Waals surface area contributed by atoms with Gasteiger partial charge in [0.15, 0.2) is 22.7 Å². The van der Waals surface area contributed by atoms with Crippen LogP contribution in [0.2, 0.25) is 5.02 Å². The molecule has 182 valence electrons. The van der Waals surface area contributed by atoms with Crippen LogP contribution in [0.1, 0.15) is 44.5 Å². The molecule has 0 amide bonds. The van der Waals surface area contributed by atoms with E-state index in [-0.39, 0.29) is 13.0 Å². The average molecular weight is 491 g/mol. The third kappa shape index (κ3) is 4.82. The van der Waals surface area contributed by atoms with E-state index < -0.39 is 17.2 Å². The summed E-state index contributed by atoms with van der Waals surface area (Å²) in [5.74, 6) is 0.889. The molecule has 4 rings (SSSR count). The van der Waals surface area contributed by atoms with Gasteiger partial charge in [0.2, 0.25) is 0 Å². The molecule has 0 atom stereocenters. The van der Waals surface area contributed by atoms with Gasteiger partial charge >= 0.3 is 11.7 Å². The second-order valence-corrected chi connectivity index (χ2v) is 8.46. The molecule has 1 N–H and O–H groups in total. The van der Waals surface area contributed by atoms with Crippen molar-refractivity contribution in [2.75, 3.05) is 13.2 Å². The maximum absolute atomic E-state index is 12.6. The van der Waals surface area contributed by atoms with Crippen LogP contribution in [0.3, 0.4) is 0 Å². The number of nitrogens with one attached hydrogen (secondary N) is 1. The Morgan fingerprint density at radius 1 is 1.15 bits per heavy atom. The fraction of sp³-hybridized carbons (Fsp3) is 0.478. The van der Waals surface area contributed by atoms with Crippen molar-refractivity contribution >= 4 is 28.7 Å². The predicted octanol–water partition coefficient (Wildman–Crippen LogP) is 2.81. The number of aromatic nitrogens is 4. The Morgan fingerprint density at radius 3 is 2.71 bits per heavy atom. The van der Waals surface area contributed by atoms with Gasteiger partial charge < -0.3 is 18.8 Å². The SMILES string of the molecule is CCCCn1c(=O)[nH]c(=O)c2c1nc(COC(=O)Cc1cc(Cl)c3c(c1)OCCO3)n2CCC. The number of ether oxygens (including phenoxy) is 3. The number of aryl methyl sites for hydroxylation is 2. The van der Waals surface area contributed by atoms with E-state index in [0.717, 1.165) is 19.3 Å². The zero-order valence-electron chi connectivity index (χ0n) is 19.2. The lowest BCUT2D eigenvalue weighted by Gasteiger charge is -2.20. The molecule has 10 nitrogen and oxygen atoms in total. The van der Waals surface area contributed by atoms with E-state index >= 15 is 0 Å². The molecular formula is C23H27ClN4O6. The topological polar surface area (TPSA) is 117 Å². The molecule has 0 bridgehead atoms. The van der Waals surface area contributed by atoms with Gasteiger partial charge in [0.1, 0.15) is 25.6 Å². The minimum Gasteiger partial charge on any atom is -0.486 e. The van der Waals surface area contributed by atoms with Crippen LogP contribution < -0.4 is 20.7 Å². The highest BCUT2D eigenvalue weighted by atomic mass is 35.5. The Morgan fingerprint density at radius 2 is 1.94 bits per heavy atom. The molecule has 1 aliphatic rings. The first-order chi connectivity index (χ1) is 16.4. The molecule has 1 aliphatic heterocycles. The molecule has 0 spiro atoms. The van der Waals surface area contributed by atoms with Crippen molar-refractivity contribution in [2.45, 2.75) is 59.2 Å². The van der Waals surface area contributed by atoms with Crippen LogP contribution in [-0.4, -0.2) is 38.3 Å². The summed E-state index contributed by atoms with van der Waals surface area (Å²) in [4.78, 5) is 44.5. The highest BCUT2D eigenvalue weighted by molar-refractivity contribution is 6.32. The van der Waals surface area contributed by atoms with Gasteiger partial charge in [0.25, 0.3) is 5.56 Å². The predicted molar refractivity (Wildman–Crippen MR) is 126 cm³/mol.